The average Bonchev–Trinajstić information content (AvgIpc) is 1.79. The van der Waals surface area contributed by atoms with E-state index < -0.39 is 5.97 Å². The molecule has 0 aromatic heterocycles. The van der Waals surface area contributed by atoms with E-state index in [0.29, 0.717) is 0 Å². The van der Waals surface area contributed by atoms with Crippen LogP contribution in [0.2, 0.25) is 0 Å². The molecule has 0 aromatic carbocycles. The molecule has 5 heteroatoms. The number of carboxylic acids is 1. The molecule has 0 aliphatic rings. The Hall–Kier alpha value is -0.260. The van der Waals surface area contributed by atoms with Crippen LogP contribution < -0.4 is 10.5 Å². The first-order chi connectivity index (χ1) is 4.63. The van der Waals surface area contributed by atoms with Crippen LogP contribution in [0.25, 0.3) is 0 Å². The van der Waals surface area contributed by atoms with Gasteiger partial charge >= 0.3 is 5.97 Å². The molecule has 0 rings (SSSR count). The van der Waals surface area contributed by atoms with Crippen molar-refractivity contribution in [2.45, 2.75) is 13.0 Å². The second-order valence-electron chi connectivity index (χ2n) is 2.00. The number of hydrogen-bond donors (Lipinski definition) is 3. The fraction of sp³-hybridized carbons (Fsp3) is 0.800. The predicted octanol–water partition coefficient (Wildman–Crippen LogP) is -0.344. The zero-order valence-electron chi connectivity index (χ0n) is 5.83. The van der Waals surface area contributed by atoms with Crippen LogP contribution in [0.1, 0.15) is 6.92 Å². The monoisotopic (exact) mass is 164 g/mol. The normalized spacial score (nSPS) is 13.0. The van der Waals surface area contributed by atoms with Gasteiger partial charge in [-0.05, 0) is 6.92 Å². The van der Waals surface area contributed by atoms with Crippen molar-refractivity contribution in [1.82, 2.24) is 4.72 Å². The third kappa shape index (κ3) is 7.74. The van der Waals surface area contributed by atoms with Crippen molar-refractivity contribution >= 4 is 17.9 Å². The molecule has 0 saturated heterocycles. The largest absolute Gasteiger partial charge is 0.480 e. The van der Waals surface area contributed by atoms with Crippen molar-refractivity contribution in [3.63, 3.8) is 0 Å². The quantitative estimate of drug-likeness (QED) is 0.383. The number of carbonyl (C=O) groups is 1. The summed E-state index contributed by atoms with van der Waals surface area (Å²) in [5, 5.41) is 8.17. The van der Waals surface area contributed by atoms with Gasteiger partial charge in [-0.2, -0.15) is 0 Å². The summed E-state index contributed by atoms with van der Waals surface area (Å²) in [7, 11) is 0. The number of hydrogen-bond acceptors (Lipinski definition) is 4. The van der Waals surface area contributed by atoms with Gasteiger partial charge in [0.05, 0.1) is 0 Å². The summed E-state index contributed by atoms with van der Waals surface area (Å²) in [6.45, 7) is 1.85. The van der Waals surface area contributed by atoms with Crippen LogP contribution in [0.5, 0.6) is 0 Å². The second kappa shape index (κ2) is 5.52. The van der Waals surface area contributed by atoms with E-state index in [1.54, 1.807) is 0 Å². The summed E-state index contributed by atoms with van der Waals surface area (Å²) in [6.07, 6.45) is 0. The molecule has 0 amide bonds. The lowest BCUT2D eigenvalue weighted by Crippen LogP contribution is -2.22. The van der Waals surface area contributed by atoms with E-state index in [1.165, 1.54) is 11.9 Å². The lowest BCUT2D eigenvalue weighted by Gasteiger charge is -2.03. The van der Waals surface area contributed by atoms with Gasteiger partial charge in [0.15, 0.2) is 0 Å². The Kier molecular flexibility index (Phi) is 5.38. The van der Waals surface area contributed by atoms with E-state index in [0.717, 1.165) is 5.75 Å². The minimum Gasteiger partial charge on any atom is -0.480 e. The van der Waals surface area contributed by atoms with Gasteiger partial charge in [0.25, 0.3) is 0 Å². The molecule has 0 unspecified atom stereocenters. The van der Waals surface area contributed by atoms with Crippen LogP contribution in [-0.4, -0.2) is 29.4 Å². The van der Waals surface area contributed by atoms with Crippen LogP contribution in [0.15, 0.2) is 0 Å². The van der Waals surface area contributed by atoms with Gasteiger partial charge in [-0.3, -0.25) is 9.52 Å². The van der Waals surface area contributed by atoms with Gasteiger partial charge in [-0.15, -0.1) is 0 Å². The molecule has 0 aliphatic carbocycles. The summed E-state index contributed by atoms with van der Waals surface area (Å²) in [6, 6.07) is 0.103. The van der Waals surface area contributed by atoms with Crippen molar-refractivity contribution in [3.05, 3.63) is 0 Å². The highest BCUT2D eigenvalue weighted by Crippen LogP contribution is 1.93. The average molecular weight is 164 g/mol. The lowest BCUT2D eigenvalue weighted by molar-refractivity contribution is -0.135. The third-order valence-corrected chi connectivity index (χ3v) is 1.71. The van der Waals surface area contributed by atoms with E-state index in [2.05, 4.69) is 4.72 Å². The van der Waals surface area contributed by atoms with E-state index in [9.17, 15) is 4.79 Å². The molecular formula is C5H12N2O2S. The van der Waals surface area contributed by atoms with Crippen LogP contribution in [0, 0.1) is 0 Å². The van der Waals surface area contributed by atoms with E-state index in [1.807, 2.05) is 6.92 Å². The van der Waals surface area contributed by atoms with Gasteiger partial charge in [-0.1, -0.05) is 11.9 Å². The molecule has 4 nitrogen and oxygen atoms in total. The van der Waals surface area contributed by atoms with Crippen molar-refractivity contribution in [3.8, 4) is 0 Å². The van der Waals surface area contributed by atoms with Gasteiger partial charge in [-0.25, -0.2) is 0 Å². The first-order valence-corrected chi connectivity index (χ1v) is 3.93. The lowest BCUT2D eigenvalue weighted by atomic mass is 10.4. The molecule has 0 radical (unpaired) electrons. The number of rotatable bonds is 5. The van der Waals surface area contributed by atoms with Gasteiger partial charge in [0.1, 0.15) is 6.54 Å². The van der Waals surface area contributed by atoms with Crippen molar-refractivity contribution in [2.75, 3.05) is 12.3 Å². The zero-order valence-corrected chi connectivity index (χ0v) is 6.65. The molecule has 1 atom stereocenters. The number of nitrogens with one attached hydrogen (secondary N) is 1. The Morgan fingerprint density at radius 3 is 2.90 bits per heavy atom. The molecule has 0 aliphatic heterocycles. The molecule has 4 N–H and O–H groups in total. The van der Waals surface area contributed by atoms with E-state index >= 15 is 0 Å². The standard InChI is InChI=1S/C5H12N2O2S/c1-4(6)3-10-7-2-5(8)9/h4,7H,2-3,6H2,1H3,(H,8,9)/t4-/m1/s1. The Balaban J connectivity index is 2.98. The third-order valence-electron chi connectivity index (χ3n) is 0.672. The molecule has 0 heterocycles. The maximum Gasteiger partial charge on any atom is 0.318 e. The minimum atomic E-state index is -0.850. The van der Waals surface area contributed by atoms with Crippen molar-refractivity contribution in [2.24, 2.45) is 5.73 Å². The summed E-state index contributed by atoms with van der Waals surface area (Å²) in [5.41, 5.74) is 5.40. The van der Waals surface area contributed by atoms with Gasteiger partial charge in [0.2, 0.25) is 0 Å². The molecule has 0 spiro atoms. The summed E-state index contributed by atoms with van der Waals surface area (Å²) in [5.74, 6) is -0.120. The summed E-state index contributed by atoms with van der Waals surface area (Å²) >= 11 is 1.33. The number of nitrogens with two attached hydrogens (primary N) is 1. The Morgan fingerprint density at radius 1 is 1.90 bits per heavy atom. The summed E-state index contributed by atoms with van der Waals surface area (Å²) in [4.78, 5) is 9.94. The van der Waals surface area contributed by atoms with Crippen molar-refractivity contribution < 1.29 is 9.90 Å². The first kappa shape index (κ1) is 9.74. The predicted molar refractivity (Wildman–Crippen MR) is 41.7 cm³/mol. The van der Waals surface area contributed by atoms with Crippen LogP contribution in [-0.2, 0) is 4.79 Å². The topological polar surface area (TPSA) is 75.3 Å². The molecule has 10 heavy (non-hydrogen) atoms. The second-order valence-corrected chi connectivity index (χ2v) is 2.91. The van der Waals surface area contributed by atoms with E-state index in [4.69, 9.17) is 10.8 Å². The molecule has 0 saturated carbocycles. The zero-order chi connectivity index (χ0) is 7.98. The fourth-order valence-corrected chi connectivity index (χ4v) is 0.909. The smallest absolute Gasteiger partial charge is 0.318 e. The first-order valence-electron chi connectivity index (χ1n) is 2.95. The minimum absolute atomic E-state index is 0.0165. The molecule has 0 aromatic rings. The highest BCUT2D eigenvalue weighted by Gasteiger charge is 1.96. The number of aliphatic carboxylic acids is 1. The molecular weight excluding hydrogens is 152 g/mol. The summed E-state index contributed by atoms with van der Waals surface area (Å²) < 4.78 is 2.65. The van der Waals surface area contributed by atoms with Crippen molar-refractivity contribution in [1.29, 1.82) is 0 Å². The molecule has 0 fully saturated rings. The maximum atomic E-state index is 9.94. The molecule has 60 valence electrons. The maximum absolute atomic E-state index is 9.94. The van der Waals surface area contributed by atoms with Crippen LogP contribution >= 0.6 is 11.9 Å². The Bertz CT molecular complexity index is 108. The van der Waals surface area contributed by atoms with Crippen LogP contribution in [0.3, 0.4) is 0 Å². The SMILES string of the molecule is C[C@@H](N)CSNCC(=O)O. The highest BCUT2D eigenvalue weighted by atomic mass is 32.2. The van der Waals surface area contributed by atoms with Crippen LogP contribution in [0.4, 0.5) is 0 Å². The van der Waals surface area contributed by atoms with E-state index in [-0.39, 0.29) is 12.6 Å². The fourth-order valence-electron chi connectivity index (χ4n) is 0.303. The van der Waals surface area contributed by atoms with Gasteiger partial charge in [0, 0.05) is 11.8 Å². The number of carboxylic acid groups (broad SMARTS) is 1. The van der Waals surface area contributed by atoms with Gasteiger partial charge < -0.3 is 10.8 Å². The Labute approximate surface area is 64.3 Å². The Morgan fingerprint density at radius 2 is 2.50 bits per heavy atom. The highest BCUT2D eigenvalue weighted by molar-refractivity contribution is 7.97. The molecule has 0 bridgehead atoms.